The quantitative estimate of drug-likeness (QED) is 0.295. The number of benzene rings is 2. The second-order valence-electron chi connectivity index (χ2n) is 10.6. The van der Waals surface area contributed by atoms with E-state index in [2.05, 4.69) is 14.9 Å². The van der Waals surface area contributed by atoms with Gasteiger partial charge in [0.25, 0.3) is 0 Å². The van der Waals surface area contributed by atoms with Gasteiger partial charge in [-0.25, -0.2) is 24.4 Å². The smallest absolute Gasteiger partial charge is 0.354 e. The molecule has 11 nitrogen and oxygen atoms in total. The first kappa shape index (κ1) is 27.2. The molecule has 42 heavy (non-hydrogen) atoms. The summed E-state index contributed by atoms with van der Waals surface area (Å²) < 4.78 is 9.87. The van der Waals surface area contributed by atoms with Crippen LogP contribution in [0.25, 0.3) is 28.0 Å². The third-order valence-corrected chi connectivity index (χ3v) is 7.90. The van der Waals surface area contributed by atoms with Crippen molar-refractivity contribution in [3.05, 3.63) is 100 Å². The van der Waals surface area contributed by atoms with Crippen molar-refractivity contribution in [3.63, 3.8) is 0 Å². The van der Waals surface area contributed by atoms with Crippen LogP contribution in [0.2, 0.25) is 0 Å². The Hall–Kier alpha value is -5.03. The Labute approximate surface area is 241 Å². The Bertz CT molecular complexity index is 1870. The van der Waals surface area contributed by atoms with Crippen molar-refractivity contribution < 1.29 is 19.4 Å². The fourth-order valence-electron chi connectivity index (χ4n) is 5.66. The standard InChI is InChI=1S/C31H30N6O5/c1-19-14-25-28(33-15-19)37(24-12-13-35(17-24)18-27-32-16-26(29(38)39)34(27)2)31(41)36(25)23-10-8-21(9-11-23)20-4-6-22(7-5-20)30(40)42-3/h4-11,14-16,24H,12-13,17-18H2,1-3H3,(H,38,39)/t24-/m0/s1. The van der Waals surface area contributed by atoms with Crippen LogP contribution in [0.1, 0.15) is 44.7 Å². The molecule has 0 saturated carbocycles. The zero-order valence-corrected chi connectivity index (χ0v) is 23.5. The number of fused-ring (bicyclic) bond motifs is 1. The number of methoxy groups -OCH3 is 1. The minimum Gasteiger partial charge on any atom is -0.477 e. The zero-order chi connectivity index (χ0) is 29.5. The lowest BCUT2D eigenvalue weighted by Gasteiger charge is -2.16. The van der Waals surface area contributed by atoms with Gasteiger partial charge in [0.1, 0.15) is 11.5 Å². The van der Waals surface area contributed by atoms with E-state index in [4.69, 9.17) is 4.74 Å². The van der Waals surface area contributed by atoms with E-state index in [0.29, 0.717) is 30.1 Å². The molecule has 5 aromatic rings. The van der Waals surface area contributed by atoms with Crippen LogP contribution < -0.4 is 5.69 Å². The summed E-state index contributed by atoms with van der Waals surface area (Å²) in [7, 11) is 3.06. The highest BCUT2D eigenvalue weighted by molar-refractivity contribution is 5.90. The number of nitrogens with zero attached hydrogens (tertiary/aromatic N) is 6. The van der Waals surface area contributed by atoms with Crippen LogP contribution in [0, 0.1) is 6.92 Å². The lowest BCUT2D eigenvalue weighted by Crippen LogP contribution is -2.29. The third kappa shape index (κ3) is 4.77. The number of esters is 1. The Kier molecular flexibility index (Phi) is 6.95. The number of carbonyl (C=O) groups excluding carboxylic acids is 1. The molecule has 0 spiro atoms. The van der Waals surface area contributed by atoms with Crippen LogP contribution in [-0.2, 0) is 18.3 Å². The van der Waals surface area contributed by atoms with Gasteiger partial charge >= 0.3 is 17.6 Å². The molecule has 1 aliphatic rings. The first-order valence-electron chi connectivity index (χ1n) is 13.6. The average molecular weight is 567 g/mol. The van der Waals surface area contributed by atoms with Gasteiger partial charge in [-0.2, -0.15) is 0 Å². The number of carbonyl (C=O) groups is 2. The van der Waals surface area contributed by atoms with Gasteiger partial charge < -0.3 is 14.4 Å². The van der Waals surface area contributed by atoms with Gasteiger partial charge in [0, 0.05) is 26.3 Å². The normalized spacial score (nSPS) is 15.4. The average Bonchev–Trinajstić information content (AvgIpc) is 3.68. The van der Waals surface area contributed by atoms with Crippen molar-refractivity contribution in [2.24, 2.45) is 7.05 Å². The van der Waals surface area contributed by atoms with Gasteiger partial charge in [-0.05, 0) is 60.4 Å². The topological polar surface area (TPSA) is 124 Å². The molecule has 0 unspecified atom stereocenters. The maximum atomic E-state index is 14.0. The summed E-state index contributed by atoms with van der Waals surface area (Å²) in [5, 5.41) is 9.35. The van der Waals surface area contributed by atoms with Crippen molar-refractivity contribution in [2.45, 2.75) is 25.9 Å². The minimum atomic E-state index is -1.01. The Morgan fingerprint density at radius 3 is 2.36 bits per heavy atom. The van der Waals surface area contributed by atoms with Crippen LogP contribution in [0.4, 0.5) is 0 Å². The molecule has 0 aliphatic carbocycles. The number of aromatic carboxylic acids is 1. The van der Waals surface area contributed by atoms with E-state index in [1.807, 2.05) is 49.4 Å². The number of aromatic nitrogens is 5. The molecule has 0 bridgehead atoms. The first-order chi connectivity index (χ1) is 20.2. The molecule has 1 atom stereocenters. The van der Waals surface area contributed by atoms with E-state index in [9.17, 15) is 19.5 Å². The van der Waals surface area contributed by atoms with Crippen LogP contribution in [0.3, 0.4) is 0 Å². The lowest BCUT2D eigenvalue weighted by atomic mass is 10.0. The van der Waals surface area contributed by atoms with Gasteiger partial charge in [0.2, 0.25) is 0 Å². The van der Waals surface area contributed by atoms with Crippen molar-refractivity contribution >= 4 is 23.1 Å². The number of pyridine rings is 1. The maximum Gasteiger partial charge on any atom is 0.354 e. The highest BCUT2D eigenvalue weighted by Crippen LogP contribution is 2.28. The van der Waals surface area contributed by atoms with Crippen LogP contribution in [0.5, 0.6) is 0 Å². The molecule has 0 radical (unpaired) electrons. The number of likely N-dealkylation sites (tertiary alicyclic amines) is 1. The summed E-state index contributed by atoms with van der Waals surface area (Å²) >= 11 is 0. The van der Waals surface area contributed by atoms with Crippen LogP contribution in [-0.4, -0.2) is 65.8 Å². The number of carboxylic acids is 1. The Balaban J connectivity index is 1.30. The Morgan fingerprint density at radius 1 is 1.02 bits per heavy atom. The molecule has 2 aromatic carbocycles. The van der Waals surface area contributed by atoms with Gasteiger partial charge in [-0.1, -0.05) is 24.3 Å². The van der Waals surface area contributed by atoms with E-state index < -0.39 is 5.97 Å². The number of carboxylic acid groups (broad SMARTS) is 1. The van der Waals surface area contributed by atoms with E-state index in [1.54, 1.807) is 39.1 Å². The molecule has 1 N–H and O–H groups in total. The van der Waals surface area contributed by atoms with E-state index >= 15 is 0 Å². The Morgan fingerprint density at radius 2 is 1.71 bits per heavy atom. The molecule has 214 valence electrons. The molecule has 3 aromatic heterocycles. The summed E-state index contributed by atoms with van der Waals surface area (Å²) in [5.41, 5.74) is 5.41. The van der Waals surface area contributed by atoms with E-state index in [-0.39, 0.29) is 23.4 Å². The first-order valence-corrected chi connectivity index (χ1v) is 13.6. The van der Waals surface area contributed by atoms with Gasteiger partial charge in [-0.3, -0.25) is 14.0 Å². The second kappa shape index (κ2) is 10.7. The number of hydrogen-bond donors (Lipinski definition) is 1. The van der Waals surface area contributed by atoms with Gasteiger partial charge in [0.15, 0.2) is 5.65 Å². The van der Waals surface area contributed by atoms with Crippen molar-refractivity contribution in [2.75, 3.05) is 20.2 Å². The summed E-state index contributed by atoms with van der Waals surface area (Å²) in [6.45, 7) is 3.80. The minimum absolute atomic E-state index is 0.0942. The van der Waals surface area contributed by atoms with Crippen molar-refractivity contribution in [3.8, 4) is 16.8 Å². The van der Waals surface area contributed by atoms with Crippen molar-refractivity contribution in [1.29, 1.82) is 0 Å². The highest BCUT2D eigenvalue weighted by Gasteiger charge is 2.30. The zero-order valence-electron chi connectivity index (χ0n) is 23.5. The fraction of sp³-hybridized carbons (Fsp3) is 0.258. The number of hydrogen-bond acceptors (Lipinski definition) is 7. The molecule has 6 rings (SSSR count). The molecule has 1 saturated heterocycles. The van der Waals surface area contributed by atoms with E-state index in [0.717, 1.165) is 40.9 Å². The largest absolute Gasteiger partial charge is 0.477 e. The molecule has 4 heterocycles. The SMILES string of the molecule is COC(=O)c1ccc(-c2ccc(-n3c(=O)n([C@H]4CCN(Cc5ncc(C(=O)O)n5C)C4)c4ncc(C)cc43)cc2)cc1. The van der Waals surface area contributed by atoms with Gasteiger partial charge in [0.05, 0.1) is 42.7 Å². The summed E-state index contributed by atoms with van der Waals surface area (Å²) in [4.78, 5) is 48.4. The van der Waals surface area contributed by atoms with Gasteiger partial charge in [-0.15, -0.1) is 0 Å². The summed E-state index contributed by atoms with van der Waals surface area (Å²) in [6, 6.07) is 16.8. The number of aryl methyl sites for hydroxylation is 1. The van der Waals surface area contributed by atoms with Crippen LogP contribution in [0.15, 0.2) is 71.8 Å². The number of rotatable bonds is 7. The molecule has 0 amide bonds. The second-order valence-corrected chi connectivity index (χ2v) is 10.6. The molecular weight excluding hydrogens is 536 g/mol. The number of ether oxygens (including phenoxy) is 1. The number of imidazole rings is 2. The summed E-state index contributed by atoms with van der Waals surface area (Å²) in [6.07, 6.45) is 3.90. The van der Waals surface area contributed by atoms with E-state index in [1.165, 1.54) is 13.3 Å². The van der Waals surface area contributed by atoms with Crippen LogP contribution >= 0.6 is 0 Å². The monoisotopic (exact) mass is 566 g/mol. The molecular formula is C31H30N6O5. The highest BCUT2D eigenvalue weighted by atomic mass is 16.5. The predicted molar refractivity (Wildman–Crippen MR) is 156 cm³/mol. The summed E-state index contributed by atoms with van der Waals surface area (Å²) in [5.74, 6) is -0.733. The lowest BCUT2D eigenvalue weighted by molar-refractivity contribution is 0.0599. The molecule has 11 heteroatoms. The van der Waals surface area contributed by atoms with Crippen molar-refractivity contribution in [1.82, 2.24) is 28.6 Å². The predicted octanol–water partition coefficient (Wildman–Crippen LogP) is 3.83. The fourth-order valence-corrected chi connectivity index (χ4v) is 5.66. The molecule has 1 aliphatic heterocycles. The third-order valence-electron chi connectivity index (χ3n) is 7.90. The molecule has 1 fully saturated rings. The maximum absolute atomic E-state index is 14.0.